The van der Waals surface area contributed by atoms with Crippen molar-refractivity contribution in [3.63, 3.8) is 0 Å². The Morgan fingerprint density at radius 3 is 2.70 bits per heavy atom. The number of anilines is 2. The minimum absolute atomic E-state index is 0.0197. The SMILES string of the molecule is CC(C)CN1C(=O)COc2ccc(NC(=O)/C=C/c3ccc(F)cc3)cc21. The van der Waals surface area contributed by atoms with Gasteiger partial charge in [0, 0.05) is 18.3 Å². The second-order valence-electron chi connectivity index (χ2n) is 6.74. The second-order valence-corrected chi connectivity index (χ2v) is 6.74. The standard InChI is InChI=1S/C21H21FN2O3/c1-14(2)12-24-18-11-17(8-9-19(18)27-13-21(24)26)23-20(25)10-5-15-3-6-16(22)7-4-15/h3-11,14H,12-13H2,1-2H3,(H,23,25)/b10-5+. The Labute approximate surface area is 157 Å². The van der Waals surface area contributed by atoms with Crippen LogP contribution in [-0.2, 0) is 9.59 Å². The summed E-state index contributed by atoms with van der Waals surface area (Å²) in [5, 5.41) is 2.77. The molecular weight excluding hydrogens is 347 g/mol. The van der Waals surface area contributed by atoms with E-state index < -0.39 is 0 Å². The maximum atomic E-state index is 12.9. The van der Waals surface area contributed by atoms with Gasteiger partial charge in [-0.3, -0.25) is 9.59 Å². The number of nitrogens with one attached hydrogen (secondary N) is 1. The number of hydrogen-bond donors (Lipinski definition) is 1. The second kappa shape index (κ2) is 8.03. The molecule has 2 aromatic carbocycles. The average molecular weight is 368 g/mol. The Hall–Kier alpha value is -3.15. The highest BCUT2D eigenvalue weighted by Gasteiger charge is 2.26. The number of amides is 2. The van der Waals surface area contributed by atoms with Crippen molar-refractivity contribution in [1.82, 2.24) is 0 Å². The molecule has 0 spiro atoms. The van der Waals surface area contributed by atoms with Gasteiger partial charge in [0.05, 0.1) is 5.69 Å². The minimum atomic E-state index is -0.326. The molecule has 1 aliphatic rings. The van der Waals surface area contributed by atoms with Crippen molar-refractivity contribution in [2.45, 2.75) is 13.8 Å². The van der Waals surface area contributed by atoms with Gasteiger partial charge in [-0.25, -0.2) is 4.39 Å². The molecule has 0 saturated carbocycles. The predicted octanol–water partition coefficient (Wildman–Crippen LogP) is 3.86. The fourth-order valence-corrected chi connectivity index (χ4v) is 2.77. The number of fused-ring (bicyclic) bond motifs is 1. The van der Waals surface area contributed by atoms with Crippen molar-refractivity contribution in [3.05, 3.63) is 59.9 Å². The van der Waals surface area contributed by atoms with Crippen LogP contribution in [0.2, 0.25) is 0 Å². The third-order valence-corrected chi connectivity index (χ3v) is 4.01. The summed E-state index contributed by atoms with van der Waals surface area (Å²) in [6, 6.07) is 11.1. The van der Waals surface area contributed by atoms with Crippen molar-refractivity contribution in [3.8, 4) is 5.75 Å². The lowest BCUT2D eigenvalue weighted by atomic mass is 10.1. The molecule has 6 heteroatoms. The van der Waals surface area contributed by atoms with Crippen LogP contribution >= 0.6 is 0 Å². The highest BCUT2D eigenvalue weighted by molar-refractivity contribution is 6.03. The molecule has 0 aliphatic carbocycles. The zero-order chi connectivity index (χ0) is 19.4. The lowest BCUT2D eigenvalue weighted by Crippen LogP contribution is -2.41. The smallest absolute Gasteiger partial charge is 0.265 e. The van der Waals surface area contributed by atoms with E-state index in [-0.39, 0.29) is 24.2 Å². The van der Waals surface area contributed by atoms with Crippen molar-refractivity contribution < 1.29 is 18.7 Å². The third kappa shape index (κ3) is 4.73. The molecule has 0 atom stereocenters. The van der Waals surface area contributed by atoms with E-state index in [2.05, 4.69) is 5.32 Å². The highest BCUT2D eigenvalue weighted by Crippen LogP contribution is 2.35. The normalized spacial score (nSPS) is 13.6. The Kier molecular flexibility index (Phi) is 5.54. The number of halogens is 1. The van der Waals surface area contributed by atoms with Crippen LogP contribution in [0.1, 0.15) is 19.4 Å². The van der Waals surface area contributed by atoms with E-state index in [0.717, 1.165) is 5.56 Å². The first-order chi connectivity index (χ1) is 12.9. The first-order valence-electron chi connectivity index (χ1n) is 8.74. The summed E-state index contributed by atoms with van der Waals surface area (Å²) in [4.78, 5) is 26.0. The van der Waals surface area contributed by atoms with Gasteiger partial charge in [0.15, 0.2) is 6.61 Å². The summed E-state index contributed by atoms with van der Waals surface area (Å²) < 4.78 is 18.4. The summed E-state index contributed by atoms with van der Waals surface area (Å²) >= 11 is 0. The van der Waals surface area contributed by atoms with E-state index in [1.165, 1.54) is 18.2 Å². The van der Waals surface area contributed by atoms with Gasteiger partial charge >= 0.3 is 0 Å². The van der Waals surface area contributed by atoms with Crippen molar-refractivity contribution in [1.29, 1.82) is 0 Å². The van der Waals surface area contributed by atoms with E-state index in [9.17, 15) is 14.0 Å². The number of carbonyl (C=O) groups is 2. The summed E-state index contributed by atoms with van der Waals surface area (Å²) in [6.45, 7) is 4.67. The molecule has 2 aromatic rings. The molecule has 0 fully saturated rings. The Balaban J connectivity index is 1.74. The van der Waals surface area contributed by atoms with Crippen molar-refractivity contribution >= 4 is 29.3 Å². The molecule has 1 N–H and O–H groups in total. The number of hydrogen-bond acceptors (Lipinski definition) is 3. The van der Waals surface area contributed by atoms with Gasteiger partial charge in [0.25, 0.3) is 5.91 Å². The van der Waals surface area contributed by atoms with Gasteiger partial charge < -0.3 is 15.0 Å². The van der Waals surface area contributed by atoms with Gasteiger partial charge in [0.2, 0.25) is 5.91 Å². The first-order valence-corrected chi connectivity index (χ1v) is 8.74. The molecular formula is C21H21FN2O3. The van der Waals surface area contributed by atoms with Gasteiger partial charge in [0.1, 0.15) is 11.6 Å². The largest absolute Gasteiger partial charge is 0.482 e. The average Bonchev–Trinajstić information content (AvgIpc) is 2.63. The number of benzene rings is 2. The van der Waals surface area contributed by atoms with Crippen molar-refractivity contribution in [2.75, 3.05) is 23.4 Å². The van der Waals surface area contributed by atoms with E-state index in [1.807, 2.05) is 13.8 Å². The molecule has 0 bridgehead atoms. The van der Waals surface area contributed by atoms with Gasteiger partial charge in [-0.2, -0.15) is 0 Å². The maximum absolute atomic E-state index is 12.9. The molecule has 0 radical (unpaired) electrons. The van der Waals surface area contributed by atoms with Gasteiger partial charge in [-0.1, -0.05) is 26.0 Å². The molecule has 0 saturated heterocycles. The van der Waals surface area contributed by atoms with Crippen LogP contribution in [0.25, 0.3) is 6.08 Å². The fraction of sp³-hybridized carbons (Fsp3) is 0.238. The quantitative estimate of drug-likeness (QED) is 0.816. The monoisotopic (exact) mass is 368 g/mol. The van der Waals surface area contributed by atoms with E-state index >= 15 is 0 Å². The van der Waals surface area contributed by atoms with Gasteiger partial charge in [-0.15, -0.1) is 0 Å². The van der Waals surface area contributed by atoms with Crippen LogP contribution in [-0.4, -0.2) is 25.0 Å². The summed E-state index contributed by atoms with van der Waals surface area (Å²) in [6.07, 6.45) is 2.98. The van der Waals surface area contributed by atoms with Crippen LogP contribution in [0, 0.1) is 11.7 Å². The lowest BCUT2D eigenvalue weighted by molar-refractivity contribution is -0.121. The molecule has 1 heterocycles. The zero-order valence-electron chi connectivity index (χ0n) is 15.2. The lowest BCUT2D eigenvalue weighted by Gasteiger charge is -2.31. The van der Waals surface area contributed by atoms with Crippen LogP contribution in [0.3, 0.4) is 0 Å². The molecule has 0 unspecified atom stereocenters. The molecule has 27 heavy (non-hydrogen) atoms. The Morgan fingerprint density at radius 2 is 2.00 bits per heavy atom. The van der Waals surface area contributed by atoms with Gasteiger partial charge in [-0.05, 0) is 47.9 Å². The Morgan fingerprint density at radius 1 is 1.26 bits per heavy atom. The van der Waals surface area contributed by atoms with Crippen molar-refractivity contribution in [2.24, 2.45) is 5.92 Å². The molecule has 0 aromatic heterocycles. The summed E-state index contributed by atoms with van der Waals surface area (Å²) in [5.74, 6) is 0.175. The molecule has 2 amide bonds. The topological polar surface area (TPSA) is 58.6 Å². The Bertz CT molecular complexity index is 875. The maximum Gasteiger partial charge on any atom is 0.265 e. The van der Waals surface area contributed by atoms with Crippen LogP contribution < -0.4 is 15.0 Å². The number of rotatable bonds is 5. The first kappa shape index (κ1) is 18.6. The van der Waals surface area contributed by atoms with E-state index in [1.54, 1.807) is 41.3 Å². The minimum Gasteiger partial charge on any atom is -0.482 e. The predicted molar refractivity (Wildman–Crippen MR) is 103 cm³/mol. The van der Waals surface area contributed by atoms with Crippen LogP contribution in [0.4, 0.5) is 15.8 Å². The third-order valence-electron chi connectivity index (χ3n) is 4.01. The number of ether oxygens (including phenoxy) is 1. The fourth-order valence-electron chi connectivity index (χ4n) is 2.77. The highest BCUT2D eigenvalue weighted by atomic mass is 19.1. The molecule has 3 rings (SSSR count). The summed E-state index contributed by atoms with van der Waals surface area (Å²) in [7, 11) is 0. The van der Waals surface area contributed by atoms with E-state index in [0.29, 0.717) is 29.6 Å². The molecule has 5 nitrogen and oxygen atoms in total. The summed E-state index contributed by atoms with van der Waals surface area (Å²) in [5.41, 5.74) is 1.94. The van der Waals surface area contributed by atoms with E-state index in [4.69, 9.17) is 4.74 Å². The van der Waals surface area contributed by atoms with Crippen LogP contribution in [0.5, 0.6) is 5.75 Å². The zero-order valence-corrected chi connectivity index (χ0v) is 15.2. The number of carbonyl (C=O) groups excluding carboxylic acids is 2. The molecule has 140 valence electrons. The molecule has 1 aliphatic heterocycles. The number of nitrogens with zero attached hydrogens (tertiary/aromatic N) is 1. The van der Waals surface area contributed by atoms with Crippen LogP contribution in [0.15, 0.2) is 48.5 Å².